The number of rotatable bonds is 2. The predicted octanol–water partition coefficient (Wildman–Crippen LogP) is 1.03. The van der Waals surface area contributed by atoms with Gasteiger partial charge in [0.15, 0.2) is 17.1 Å². The van der Waals surface area contributed by atoms with E-state index < -0.39 is 0 Å². The quantitative estimate of drug-likeness (QED) is 0.585. The summed E-state index contributed by atoms with van der Waals surface area (Å²) in [6.07, 6.45) is 5.18. The molecule has 4 aromatic rings. The van der Waals surface area contributed by atoms with E-state index in [1.54, 1.807) is 12.7 Å². The molecule has 9 nitrogen and oxygen atoms in total. The Labute approximate surface area is 143 Å². The number of fused-ring (bicyclic) bond motifs is 2. The van der Waals surface area contributed by atoms with Gasteiger partial charge in [-0.25, -0.2) is 24.5 Å². The highest BCUT2D eigenvalue weighted by Crippen LogP contribution is 2.22. The molecule has 1 fully saturated rings. The average molecular weight is 335 g/mol. The minimum Gasteiger partial charge on any atom is -0.352 e. The molecule has 4 aromatic heterocycles. The van der Waals surface area contributed by atoms with E-state index in [0.717, 1.165) is 54.7 Å². The van der Waals surface area contributed by atoms with Crippen molar-refractivity contribution in [2.75, 3.05) is 36.0 Å². The minimum absolute atomic E-state index is 0.704. The summed E-state index contributed by atoms with van der Waals surface area (Å²) < 4.78 is 1.84. The molecule has 9 heteroatoms. The summed E-state index contributed by atoms with van der Waals surface area (Å²) in [5.41, 5.74) is 3.45. The van der Waals surface area contributed by atoms with Crippen LogP contribution in [0.1, 0.15) is 5.69 Å². The van der Waals surface area contributed by atoms with E-state index in [1.165, 1.54) is 0 Å². The number of hydrogen-bond acceptors (Lipinski definition) is 7. The van der Waals surface area contributed by atoms with Gasteiger partial charge in [0.2, 0.25) is 0 Å². The van der Waals surface area contributed by atoms with Crippen molar-refractivity contribution in [1.82, 2.24) is 34.5 Å². The van der Waals surface area contributed by atoms with Crippen LogP contribution in [0.5, 0.6) is 0 Å². The molecule has 0 aromatic carbocycles. The molecule has 0 aliphatic carbocycles. The first-order valence-electron chi connectivity index (χ1n) is 8.25. The Kier molecular flexibility index (Phi) is 3.06. The lowest BCUT2D eigenvalue weighted by atomic mass is 10.3. The summed E-state index contributed by atoms with van der Waals surface area (Å²) in [7, 11) is 0. The van der Waals surface area contributed by atoms with Crippen LogP contribution in [0.15, 0.2) is 31.0 Å². The highest BCUT2D eigenvalue weighted by molar-refractivity contribution is 5.82. The number of piperazine rings is 1. The zero-order valence-corrected chi connectivity index (χ0v) is 13.8. The Morgan fingerprint density at radius 3 is 2.72 bits per heavy atom. The number of imidazole rings is 2. The minimum atomic E-state index is 0.704. The zero-order chi connectivity index (χ0) is 16.8. The van der Waals surface area contributed by atoms with Crippen molar-refractivity contribution in [3.63, 3.8) is 0 Å². The fraction of sp³-hybridized carbons (Fsp3) is 0.312. The van der Waals surface area contributed by atoms with E-state index in [2.05, 4.69) is 39.8 Å². The maximum absolute atomic E-state index is 4.68. The van der Waals surface area contributed by atoms with Gasteiger partial charge in [-0.2, -0.15) is 0 Å². The third-order valence-corrected chi connectivity index (χ3v) is 4.53. The smallest absolute Gasteiger partial charge is 0.182 e. The standard InChI is InChI=1S/C16H17N9/c1-11-8-25-12(21-11)2-3-13(22-25)23-4-6-24(7-5-23)16-14-15(18-9-17-14)19-10-20-16/h2-3,8-10H,4-7H2,1H3,(H,17,18,19,20). The fourth-order valence-electron chi connectivity index (χ4n) is 3.30. The van der Waals surface area contributed by atoms with Crippen LogP contribution < -0.4 is 9.80 Å². The molecule has 1 aliphatic heterocycles. The fourth-order valence-corrected chi connectivity index (χ4v) is 3.30. The number of aromatic nitrogens is 7. The lowest BCUT2D eigenvalue weighted by Gasteiger charge is -2.35. The summed E-state index contributed by atoms with van der Waals surface area (Å²) >= 11 is 0. The van der Waals surface area contributed by atoms with Gasteiger partial charge < -0.3 is 14.8 Å². The van der Waals surface area contributed by atoms with Crippen molar-refractivity contribution in [2.24, 2.45) is 0 Å². The van der Waals surface area contributed by atoms with E-state index in [0.29, 0.717) is 5.65 Å². The molecule has 25 heavy (non-hydrogen) atoms. The molecule has 0 saturated carbocycles. The number of H-pyrrole nitrogens is 1. The van der Waals surface area contributed by atoms with Crippen LogP contribution in [0.25, 0.3) is 16.8 Å². The Morgan fingerprint density at radius 1 is 1.00 bits per heavy atom. The zero-order valence-electron chi connectivity index (χ0n) is 13.8. The summed E-state index contributed by atoms with van der Waals surface area (Å²) in [5, 5.41) is 4.68. The summed E-state index contributed by atoms with van der Waals surface area (Å²) in [6, 6.07) is 4.05. The summed E-state index contributed by atoms with van der Waals surface area (Å²) in [6.45, 7) is 5.48. The molecule has 0 radical (unpaired) electrons. The normalized spacial score (nSPS) is 15.4. The lowest BCUT2D eigenvalue weighted by Crippen LogP contribution is -2.47. The maximum atomic E-state index is 4.68. The van der Waals surface area contributed by atoms with Gasteiger partial charge in [-0.05, 0) is 19.1 Å². The van der Waals surface area contributed by atoms with Gasteiger partial charge in [0.1, 0.15) is 17.7 Å². The van der Waals surface area contributed by atoms with E-state index in [1.807, 2.05) is 29.8 Å². The molecule has 1 aliphatic rings. The second-order valence-electron chi connectivity index (χ2n) is 6.15. The molecule has 0 unspecified atom stereocenters. The number of aryl methyl sites for hydroxylation is 1. The van der Waals surface area contributed by atoms with Crippen LogP contribution in [-0.2, 0) is 0 Å². The van der Waals surface area contributed by atoms with Gasteiger partial charge in [0.25, 0.3) is 0 Å². The van der Waals surface area contributed by atoms with Crippen LogP contribution >= 0.6 is 0 Å². The van der Waals surface area contributed by atoms with E-state index in [-0.39, 0.29) is 0 Å². The molecule has 0 spiro atoms. The SMILES string of the molecule is Cc1cn2nc(N3CCN(c4ncnc5nc[nH]c45)CC3)ccc2n1. The lowest BCUT2D eigenvalue weighted by molar-refractivity contribution is 0.637. The Morgan fingerprint density at radius 2 is 1.84 bits per heavy atom. The first kappa shape index (κ1) is 14.1. The Bertz CT molecular complexity index is 1040. The molecule has 0 atom stereocenters. The monoisotopic (exact) mass is 335 g/mol. The Balaban J connectivity index is 1.37. The maximum Gasteiger partial charge on any atom is 0.182 e. The Hall–Kier alpha value is -3.23. The highest BCUT2D eigenvalue weighted by atomic mass is 15.4. The molecular formula is C16H17N9. The largest absolute Gasteiger partial charge is 0.352 e. The van der Waals surface area contributed by atoms with Crippen LogP contribution in [0.2, 0.25) is 0 Å². The first-order chi connectivity index (χ1) is 12.3. The van der Waals surface area contributed by atoms with E-state index >= 15 is 0 Å². The van der Waals surface area contributed by atoms with Crippen LogP contribution in [0.4, 0.5) is 11.6 Å². The van der Waals surface area contributed by atoms with Crippen molar-refractivity contribution in [2.45, 2.75) is 6.92 Å². The molecule has 0 bridgehead atoms. The van der Waals surface area contributed by atoms with Crippen molar-refractivity contribution in [3.05, 3.63) is 36.7 Å². The molecule has 5 rings (SSSR count). The molecule has 5 heterocycles. The molecule has 1 saturated heterocycles. The van der Waals surface area contributed by atoms with Crippen molar-refractivity contribution >= 4 is 28.4 Å². The summed E-state index contributed by atoms with van der Waals surface area (Å²) in [4.78, 5) is 24.9. The second-order valence-corrected chi connectivity index (χ2v) is 6.15. The second kappa shape index (κ2) is 5.40. The molecule has 126 valence electrons. The van der Waals surface area contributed by atoms with Gasteiger partial charge in [-0.15, -0.1) is 5.10 Å². The highest BCUT2D eigenvalue weighted by Gasteiger charge is 2.21. The van der Waals surface area contributed by atoms with E-state index in [4.69, 9.17) is 0 Å². The number of nitrogens with zero attached hydrogens (tertiary/aromatic N) is 8. The van der Waals surface area contributed by atoms with Gasteiger partial charge in [-0.3, -0.25) is 0 Å². The van der Waals surface area contributed by atoms with Crippen LogP contribution in [0.3, 0.4) is 0 Å². The van der Waals surface area contributed by atoms with Crippen LogP contribution in [0, 0.1) is 6.92 Å². The number of nitrogens with one attached hydrogen (secondary N) is 1. The molecule has 1 N–H and O–H groups in total. The molecule has 0 amide bonds. The van der Waals surface area contributed by atoms with Gasteiger partial charge >= 0.3 is 0 Å². The van der Waals surface area contributed by atoms with Crippen molar-refractivity contribution in [1.29, 1.82) is 0 Å². The van der Waals surface area contributed by atoms with Crippen molar-refractivity contribution < 1.29 is 0 Å². The third kappa shape index (κ3) is 2.35. The third-order valence-electron chi connectivity index (χ3n) is 4.53. The van der Waals surface area contributed by atoms with Gasteiger partial charge in [0, 0.05) is 26.2 Å². The van der Waals surface area contributed by atoms with Gasteiger partial charge in [-0.1, -0.05) is 0 Å². The van der Waals surface area contributed by atoms with Crippen LogP contribution in [-0.4, -0.2) is 60.7 Å². The number of aromatic amines is 1. The van der Waals surface area contributed by atoms with Gasteiger partial charge in [0.05, 0.1) is 18.2 Å². The predicted molar refractivity (Wildman–Crippen MR) is 93.8 cm³/mol. The number of anilines is 2. The topological polar surface area (TPSA) is 91.1 Å². The average Bonchev–Trinajstić information content (AvgIpc) is 3.26. The number of hydrogen-bond donors (Lipinski definition) is 1. The summed E-state index contributed by atoms with van der Waals surface area (Å²) in [5.74, 6) is 1.88. The van der Waals surface area contributed by atoms with E-state index in [9.17, 15) is 0 Å². The van der Waals surface area contributed by atoms with Crippen molar-refractivity contribution in [3.8, 4) is 0 Å². The first-order valence-corrected chi connectivity index (χ1v) is 8.25. The molecular weight excluding hydrogens is 318 g/mol.